The topological polar surface area (TPSA) is 54.4 Å². The summed E-state index contributed by atoms with van der Waals surface area (Å²) in [6.07, 6.45) is 6.92. The van der Waals surface area contributed by atoms with Crippen LogP contribution in [0.5, 0.6) is 5.75 Å². The minimum absolute atomic E-state index is 0.686. The van der Waals surface area contributed by atoms with Gasteiger partial charge < -0.3 is 15.2 Å². The third-order valence-electron chi connectivity index (χ3n) is 3.38. The molecule has 1 aromatic rings. The van der Waals surface area contributed by atoms with Crippen LogP contribution in [0.15, 0.2) is 18.5 Å². The normalized spacial score (nSPS) is 24.6. The van der Waals surface area contributed by atoms with Gasteiger partial charge in [-0.1, -0.05) is 6.92 Å². The molecule has 0 saturated carbocycles. The molecular formula is C14H22N2O2. The maximum atomic E-state index is 10.7. The van der Waals surface area contributed by atoms with Crippen molar-refractivity contribution in [2.24, 2.45) is 0 Å². The summed E-state index contributed by atoms with van der Waals surface area (Å²) in [4.78, 5) is 4.18. The zero-order chi connectivity index (χ0) is 12.8. The van der Waals surface area contributed by atoms with E-state index in [1.54, 1.807) is 12.4 Å². The average Bonchev–Trinajstić information content (AvgIpc) is 2.63. The van der Waals surface area contributed by atoms with Gasteiger partial charge in [0, 0.05) is 11.8 Å². The molecule has 0 aromatic carbocycles. The number of hydrogen-bond donors (Lipinski definition) is 2. The molecule has 0 spiro atoms. The smallest absolute Gasteiger partial charge is 0.137 e. The molecule has 1 saturated heterocycles. The highest BCUT2D eigenvalue weighted by molar-refractivity contribution is 5.28. The Kier molecular flexibility index (Phi) is 4.55. The largest absolute Gasteiger partial charge is 0.492 e. The fourth-order valence-electron chi connectivity index (χ4n) is 2.31. The second-order valence-corrected chi connectivity index (χ2v) is 4.89. The standard InChI is InChI=1S/C14H22N2O2/c1-2-8-18-13-9-12(10-16-11-13)14(17)4-3-6-15-7-5-14/h9-11,15,17H,2-8H2,1H3. The summed E-state index contributed by atoms with van der Waals surface area (Å²) in [6.45, 7) is 4.57. The Morgan fingerprint density at radius 3 is 3.11 bits per heavy atom. The van der Waals surface area contributed by atoms with Gasteiger partial charge in [0.25, 0.3) is 0 Å². The van der Waals surface area contributed by atoms with Crippen molar-refractivity contribution in [1.29, 1.82) is 0 Å². The molecule has 100 valence electrons. The fourth-order valence-corrected chi connectivity index (χ4v) is 2.31. The molecule has 1 aliphatic rings. The van der Waals surface area contributed by atoms with E-state index in [1.165, 1.54) is 0 Å². The van der Waals surface area contributed by atoms with Crippen molar-refractivity contribution in [2.75, 3.05) is 19.7 Å². The van der Waals surface area contributed by atoms with E-state index >= 15 is 0 Å². The quantitative estimate of drug-likeness (QED) is 0.856. The van der Waals surface area contributed by atoms with E-state index in [0.717, 1.165) is 50.1 Å². The second kappa shape index (κ2) is 6.16. The highest BCUT2D eigenvalue weighted by Gasteiger charge is 2.30. The minimum Gasteiger partial charge on any atom is -0.492 e. The van der Waals surface area contributed by atoms with Crippen LogP contribution in [0.1, 0.15) is 38.2 Å². The molecule has 1 aromatic heterocycles. The lowest BCUT2D eigenvalue weighted by atomic mass is 9.88. The van der Waals surface area contributed by atoms with Gasteiger partial charge in [-0.05, 0) is 44.8 Å². The zero-order valence-electron chi connectivity index (χ0n) is 11.0. The Balaban J connectivity index is 2.15. The predicted molar refractivity (Wildman–Crippen MR) is 70.6 cm³/mol. The van der Waals surface area contributed by atoms with Crippen molar-refractivity contribution >= 4 is 0 Å². The summed E-state index contributed by atoms with van der Waals surface area (Å²) in [6, 6.07) is 1.92. The molecule has 4 heteroatoms. The number of nitrogens with one attached hydrogen (secondary N) is 1. The molecule has 18 heavy (non-hydrogen) atoms. The number of ether oxygens (including phenoxy) is 1. The van der Waals surface area contributed by atoms with Gasteiger partial charge in [0.05, 0.1) is 18.4 Å². The van der Waals surface area contributed by atoms with Crippen molar-refractivity contribution in [3.05, 3.63) is 24.0 Å². The van der Waals surface area contributed by atoms with Crippen molar-refractivity contribution in [3.8, 4) is 5.75 Å². The Labute approximate surface area is 108 Å². The van der Waals surface area contributed by atoms with Crippen LogP contribution in [0.25, 0.3) is 0 Å². The lowest BCUT2D eigenvalue weighted by Gasteiger charge is -2.26. The Morgan fingerprint density at radius 1 is 1.39 bits per heavy atom. The summed E-state index contributed by atoms with van der Waals surface area (Å²) in [5.74, 6) is 0.750. The van der Waals surface area contributed by atoms with Crippen LogP contribution in [-0.2, 0) is 5.60 Å². The Hall–Kier alpha value is -1.13. The van der Waals surface area contributed by atoms with E-state index in [-0.39, 0.29) is 0 Å². The van der Waals surface area contributed by atoms with Crippen molar-refractivity contribution in [1.82, 2.24) is 10.3 Å². The first kappa shape index (κ1) is 13.3. The third-order valence-corrected chi connectivity index (χ3v) is 3.38. The number of aliphatic hydroxyl groups is 1. The number of pyridine rings is 1. The minimum atomic E-state index is -0.762. The average molecular weight is 250 g/mol. The van der Waals surface area contributed by atoms with Crippen LogP contribution in [0.4, 0.5) is 0 Å². The molecule has 2 heterocycles. The van der Waals surface area contributed by atoms with Crippen LogP contribution in [-0.4, -0.2) is 29.8 Å². The number of rotatable bonds is 4. The summed E-state index contributed by atoms with van der Waals surface area (Å²) in [7, 11) is 0. The lowest BCUT2D eigenvalue weighted by molar-refractivity contribution is 0.0234. The van der Waals surface area contributed by atoms with Gasteiger partial charge in [-0.25, -0.2) is 0 Å². The lowest BCUT2D eigenvalue weighted by Crippen LogP contribution is -2.27. The van der Waals surface area contributed by atoms with Crippen molar-refractivity contribution in [2.45, 2.75) is 38.2 Å². The first-order valence-electron chi connectivity index (χ1n) is 6.76. The first-order chi connectivity index (χ1) is 8.74. The van der Waals surface area contributed by atoms with Gasteiger partial charge >= 0.3 is 0 Å². The van der Waals surface area contributed by atoms with E-state index in [1.807, 2.05) is 6.07 Å². The molecule has 4 nitrogen and oxygen atoms in total. The van der Waals surface area contributed by atoms with Crippen LogP contribution < -0.4 is 10.1 Å². The van der Waals surface area contributed by atoms with Crippen LogP contribution in [0.2, 0.25) is 0 Å². The summed E-state index contributed by atoms with van der Waals surface area (Å²) in [5, 5.41) is 14.0. The maximum Gasteiger partial charge on any atom is 0.137 e. The van der Waals surface area contributed by atoms with E-state index in [0.29, 0.717) is 6.61 Å². The van der Waals surface area contributed by atoms with Gasteiger partial charge in [0.15, 0.2) is 0 Å². The summed E-state index contributed by atoms with van der Waals surface area (Å²) >= 11 is 0. The van der Waals surface area contributed by atoms with E-state index < -0.39 is 5.60 Å². The maximum absolute atomic E-state index is 10.7. The van der Waals surface area contributed by atoms with Gasteiger partial charge in [-0.2, -0.15) is 0 Å². The summed E-state index contributed by atoms with van der Waals surface area (Å²) < 4.78 is 5.57. The molecule has 0 aliphatic carbocycles. The fraction of sp³-hybridized carbons (Fsp3) is 0.643. The molecule has 2 rings (SSSR count). The number of aromatic nitrogens is 1. The highest BCUT2D eigenvalue weighted by atomic mass is 16.5. The van der Waals surface area contributed by atoms with E-state index in [2.05, 4.69) is 17.2 Å². The van der Waals surface area contributed by atoms with E-state index in [4.69, 9.17) is 4.74 Å². The van der Waals surface area contributed by atoms with Crippen molar-refractivity contribution < 1.29 is 9.84 Å². The third kappa shape index (κ3) is 3.21. The molecule has 1 fully saturated rings. The highest BCUT2D eigenvalue weighted by Crippen LogP contribution is 2.32. The SMILES string of the molecule is CCCOc1cncc(C2(O)CCCNCC2)c1. The molecular weight excluding hydrogens is 228 g/mol. The molecule has 1 aliphatic heterocycles. The number of hydrogen-bond acceptors (Lipinski definition) is 4. The van der Waals surface area contributed by atoms with Crippen LogP contribution in [0, 0.1) is 0 Å². The summed E-state index contributed by atoms with van der Waals surface area (Å²) in [5.41, 5.74) is 0.113. The van der Waals surface area contributed by atoms with Crippen LogP contribution in [0.3, 0.4) is 0 Å². The van der Waals surface area contributed by atoms with E-state index in [9.17, 15) is 5.11 Å². The second-order valence-electron chi connectivity index (χ2n) is 4.89. The monoisotopic (exact) mass is 250 g/mol. The Bertz CT molecular complexity index is 374. The van der Waals surface area contributed by atoms with Gasteiger partial charge in [-0.15, -0.1) is 0 Å². The molecule has 2 N–H and O–H groups in total. The van der Waals surface area contributed by atoms with Crippen molar-refractivity contribution in [3.63, 3.8) is 0 Å². The zero-order valence-corrected chi connectivity index (χ0v) is 11.0. The van der Waals surface area contributed by atoms with Gasteiger partial charge in [-0.3, -0.25) is 4.98 Å². The van der Waals surface area contributed by atoms with Gasteiger partial charge in [0.2, 0.25) is 0 Å². The Morgan fingerprint density at radius 2 is 2.28 bits per heavy atom. The van der Waals surface area contributed by atoms with Crippen LogP contribution >= 0.6 is 0 Å². The number of nitrogens with zero attached hydrogens (tertiary/aromatic N) is 1. The first-order valence-corrected chi connectivity index (χ1v) is 6.76. The van der Waals surface area contributed by atoms with Gasteiger partial charge in [0.1, 0.15) is 5.75 Å². The molecule has 1 atom stereocenters. The molecule has 1 unspecified atom stereocenters. The molecule has 0 bridgehead atoms. The predicted octanol–water partition coefficient (Wildman–Crippen LogP) is 1.83. The molecule has 0 amide bonds. The molecule has 0 radical (unpaired) electrons.